The van der Waals surface area contributed by atoms with Crippen LogP contribution in [-0.2, 0) is 4.79 Å². The van der Waals surface area contributed by atoms with Crippen molar-refractivity contribution in [2.75, 3.05) is 13.1 Å². The van der Waals surface area contributed by atoms with Crippen molar-refractivity contribution < 1.29 is 4.79 Å². The van der Waals surface area contributed by atoms with E-state index < -0.39 is 5.41 Å². The topological polar surface area (TPSA) is 44.1 Å². The zero-order valence-corrected chi connectivity index (χ0v) is 10.5. The minimum atomic E-state index is -0.742. The Morgan fingerprint density at radius 2 is 1.75 bits per heavy atom. The molecule has 0 radical (unpaired) electrons. The third kappa shape index (κ3) is 2.55. The van der Waals surface area contributed by atoms with Crippen molar-refractivity contribution in [2.24, 2.45) is 5.41 Å². The van der Waals surface area contributed by atoms with E-state index in [1.165, 1.54) is 0 Å². The number of likely N-dealkylation sites (tertiary alicyclic amines) is 1. The van der Waals surface area contributed by atoms with Crippen molar-refractivity contribution in [2.45, 2.75) is 52.4 Å². The van der Waals surface area contributed by atoms with Gasteiger partial charge in [0.1, 0.15) is 5.41 Å². The molecule has 0 aromatic rings. The average Bonchev–Trinajstić information content (AvgIpc) is 2.81. The molecule has 1 saturated heterocycles. The molecule has 0 unspecified atom stereocenters. The summed E-state index contributed by atoms with van der Waals surface area (Å²) in [5.41, 5.74) is -0.742. The Balaban J connectivity index is 2.81. The van der Waals surface area contributed by atoms with Crippen molar-refractivity contribution in [3.63, 3.8) is 0 Å². The highest BCUT2D eigenvalue weighted by Crippen LogP contribution is 2.32. The fourth-order valence-corrected chi connectivity index (χ4v) is 2.57. The summed E-state index contributed by atoms with van der Waals surface area (Å²) in [5, 5.41) is 9.37. The van der Waals surface area contributed by atoms with Gasteiger partial charge in [0.25, 0.3) is 0 Å². The van der Waals surface area contributed by atoms with Crippen molar-refractivity contribution in [3.8, 4) is 6.07 Å². The van der Waals surface area contributed by atoms with Gasteiger partial charge in [-0.2, -0.15) is 5.26 Å². The molecule has 1 aliphatic rings. The number of nitriles is 1. The molecule has 1 amide bonds. The molecule has 3 heteroatoms. The third-order valence-corrected chi connectivity index (χ3v) is 3.37. The van der Waals surface area contributed by atoms with E-state index in [4.69, 9.17) is 0 Å². The van der Waals surface area contributed by atoms with Gasteiger partial charge in [0.05, 0.1) is 6.07 Å². The van der Waals surface area contributed by atoms with Gasteiger partial charge in [0.15, 0.2) is 0 Å². The lowest BCUT2D eigenvalue weighted by atomic mass is 9.79. The first-order chi connectivity index (χ1) is 7.70. The summed E-state index contributed by atoms with van der Waals surface area (Å²) in [4.78, 5) is 14.3. The van der Waals surface area contributed by atoms with Crippen LogP contribution in [0.15, 0.2) is 0 Å². The molecule has 0 aromatic heterocycles. The molecule has 0 bridgehead atoms. The minimum Gasteiger partial charge on any atom is -0.341 e. The van der Waals surface area contributed by atoms with Gasteiger partial charge in [-0.15, -0.1) is 0 Å². The lowest BCUT2D eigenvalue weighted by Gasteiger charge is -2.29. The summed E-state index contributed by atoms with van der Waals surface area (Å²) in [6.45, 7) is 5.77. The third-order valence-electron chi connectivity index (χ3n) is 3.37. The number of nitrogens with zero attached hydrogens (tertiary/aromatic N) is 2. The molecule has 16 heavy (non-hydrogen) atoms. The van der Waals surface area contributed by atoms with Gasteiger partial charge in [0.2, 0.25) is 5.91 Å². The number of rotatable bonds is 5. The van der Waals surface area contributed by atoms with Crippen molar-refractivity contribution in [3.05, 3.63) is 0 Å². The predicted octanol–water partition coefficient (Wildman–Crippen LogP) is 2.72. The number of carbonyl (C=O) groups is 1. The van der Waals surface area contributed by atoms with E-state index >= 15 is 0 Å². The van der Waals surface area contributed by atoms with Gasteiger partial charge >= 0.3 is 0 Å². The number of amides is 1. The largest absolute Gasteiger partial charge is 0.341 e. The first kappa shape index (κ1) is 13.0. The van der Waals surface area contributed by atoms with Gasteiger partial charge in [-0.3, -0.25) is 4.79 Å². The van der Waals surface area contributed by atoms with Crippen LogP contribution in [0.25, 0.3) is 0 Å². The molecule has 1 heterocycles. The Bertz CT molecular complexity index is 268. The summed E-state index contributed by atoms with van der Waals surface area (Å²) < 4.78 is 0. The van der Waals surface area contributed by atoms with E-state index in [1.54, 1.807) is 0 Å². The summed E-state index contributed by atoms with van der Waals surface area (Å²) in [6.07, 6.45) is 5.37. The van der Waals surface area contributed by atoms with E-state index in [-0.39, 0.29) is 5.91 Å². The molecule has 0 spiro atoms. The van der Waals surface area contributed by atoms with Crippen LogP contribution < -0.4 is 0 Å². The SMILES string of the molecule is CCCC(C#N)(CCC)C(=O)N1CCCC1. The van der Waals surface area contributed by atoms with Gasteiger partial charge < -0.3 is 4.90 Å². The molecule has 0 atom stereocenters. The summed E-state index contributed by atoms with van der Waals surface area (Å²) >= 11 is 0. The predicted molar refractivity (Wildman–Crippen MR) is 63.7 cm³/mol. The van der Waals surface area contributed by atoms with Crippen molar-refractivity contribution in [1.29, 1.82) is 5.26 Å². The number of hydrogen-bond acceptors (Lipinski definition) is 2. The zero-order chi connectivity index (χ0) is 12.0. The Kier molecular flexibility index (Phi) is 4.79. The van der Waals surface area contributed by atoms with E-state index in [9.17, 15) is 10.1 Å². The lowest BCUT2D eigenvalue weighted by Crippen LogP contribution is -2.41. The molecule has 0 saturated carbocycles. The van der Waals surface area contributed by atoms with E-state index in [2.05, 4.69) is 6.07 Å². The van der Waals surface area contributed by atoms with Gasteiger partial charge in [0, 0.05) is 13.1 Å². The van der Waals surface area contributed by atoms with Gasteiger partial charge in [-0.25, -0.2) is 0 Å². The Morgan fingerprint density at radius 1 is 1.25 bits per heavy atom. The fourth-order valence-electron chi connectivity index (χ4n) is 2.57. The highest BCUT2D eigenvalue weighted by molar-refractivity contribution is 5.85. The van der Waals surface area contributed by atoms with Crippen LogP contribution in [0, 0.1) is 16.7 Å². The minimum absolute atomic E-state index is 0.0798. The quantitative estimate of drug-likeness (QED) is 0.718. The van der Waals surface area contributed by atoms with E-state index in [0.717, 1.165) is 38.8 Å². The monoisotopic (exact) mass is 222 g/mol. The highest BCUT2D eigenvalue weighted by Gasteiger charge is 2.40. The first-order valence-corrected chi connectivity index (χ1v) is 6.41. The standard InChI is InChI=1S/C13H22N2O/c1-3-7-13(11-14,8-4-2)12(16)15-9-5-6-10-15/h3-10H2,1-2H3. The van der Waals surface area contributed by atoms with E-state index in [0.29, 0.717) is 12.8 Å². The van der Waals surface area contributed by atoms with Crippen LogP contribution in [0.4, 0.5) is 0 Å². The molecular formula is C13H22N2O. The summed E-state index contributed by atoms with van der Waals surface area (Å²) in [7, 11) is 0. The van der Waals surface area contributed by atoms with Crippen LogP contribution in [0.2, 0.25) is 0 Å². The summed E-state index contributed by atoms with van der Waals surface area (Å²) in [5.74, 6) is 0.0798. The lowest BCUT2D eigenvalue weighted by molar-refractivity contribution is -0.138. The molecule has 3 nitrogen and oxygen atoms in total. The maximum absolute atomic E-state index is 12.4. The van der Waals surface area contributed by atoms with Gasteiger partial charge in [-0.1, -0.05) is 26.7 Å². The van der Waals surface area contributed by atoms with Crippen molar-refractivity contribution >= 4 is 5.91 Å². The molecular weight excluding hydrogens is 200 g/mol. The van der Waals surface area contributed by atoms with Crippen LogP contribution in [0.1, 0.15) is 52.4 Å². The van der Waals surface area contributed by atoms with Crippen LogP contribution >= 0.6 is 0 Å². The Hall–Kier alpha value is -1.04. The summed E-state index contributed by atoms with van der Waals surface area (Å²) in [6, 6.07) is 2.30. The van der Waals surface area contributed by atoms with Crippen LogP contribution in [0.3, 0.4) is 0 Å². The first-order valence-electron chi connectivity index (χ1n) is 6.41. The maximum atomic E-state index is 12.4. The fraction of sp³-hybridized carbons (Fsp3) is 0.846. The second-order valence-electron chi connectivity index (χ2n) is 4.69. The smallest absolute Gasteiger partial charge is 0.243 e. The second-order valence-corrected chi connectivity index (χ2v) is 4.69. The van der Waals surface area contributed by atoms with E-state index in [1.807, 2.05) is 18.7 Å². The van der Waals surface area contributed by atoms with Gasteiger partial charge in [-0.05, 0) is 25.7 Å². The molecule has 0 aromatic carbocycles. The zero-order valence-electron chi connectivity index (χ0n) is 10.5. The number of carbonyl (C=O) groups excluding carboxylic acids is 1. The molecule has 1 fully saturated rings. The average molecular weight is 222 g/mol. The second kappa shape index (κ2) is 5.89. The van der Waals surface area contributed by atoms with Crippen molar-refractivity contribution in [1.82, 2.24) is 4.90 Å². The molecule has 1 aliphatic heterocycles. The highest BCUT2D eigenvalue weighted by atomic mass is 16.2. The number of hydrogen-bond donors (Lipinski definition) is 0. The molecule has 90 valence electrons. The molecule has 0 N–H and O–H groups in total. The molecule has 1 rings (SSSR count). The normalized spacial score (nSPS) is 16.2. The van der Waals surface area contributed by atoms with Crippen LogP contribution in [0.5, 0.6) is 0 Å². The maximum Gasteiger partial charge on any atom is 0.243 e. The molecule has 0 aliphatic carbocycles. The Morgan fingerprint density at radius 3 is 2.12 bits per heavy atom. The Labute approximate surface area is 98.4 Å². The van der Waals surface area contributed by atoms with Crippen LogP contribution in [-0.4, -0.2) is 23.9 Å².